The van der Waals surface area contributed by atoms with Crippen molar-refractivity contribution in [2.45, 2.75) is 20.8 Å². The molecule has 0 spiro atoms. The Morgan fingerprint density at radius 2 is 1.59 bits per heavy atom. The van der Waals surface area contributed by atoms with Crippen molar-refractivity contribution < 1.29 is 4.57 Å². The van der Waals surface area contributed by atoms with Crippen molar-refractivity contribution in [1.82, 2.24) is 4.40 Å². The first-order chi connectivity index (χ1) is 13.1. The van der Waals surface area contributed by atoms with Gasteiger partial charge in [-0.25, -0.2) is 4.57 Å². The van der Waals surface area contributed by atoms with E-state index in [1.807, 2.05) is 0 Å². The third-order valence-corrected chi connectivity index (χ3v) is 6.41. The molecule has 0 amide bonds. The molecule has 0 aliphatic heterocycles. The number of pyridine rings is 2. The van der Waals surface area contributed by atoms with Crippen LogP contribution in [0.1, 0.15) is 16.7 Å². The van der Waals surface area contributed by atoms with Gasteiger partial charge in [0.15, 0.2) is 6.20 Å². The number of fused-ring (bicyclic) bond motifs is 6. The summed E-state index contributed by atoms with van der Waals surface area (Å²) in [6, 6.07) is 18.0. The van der Waals surface area contributed by atoms with Crippen LogP contribution in [0.2, 0.25) is 0 Å². The molecule has 3 aromatic carbocycles. The first kappa shape index (κ1) is 15.0. The zero-order valence-corrected chi connectivity index (χ0v) is 16.1. The van der Waals surface area contributed by atoms with E-state index >= 15 is 0 Å². The van der Waals surface area contributed by atoms with Crippen molar-refractivity contribution in [3.05, 3.63) is 71.4 Å². The fourth-order valence-corrected chi connectivity index (χ4v) is 5.09. The Kier molecular flexibility index (Phi) is 2.65. The molecule has 0 radical (unpaired) electrons. The molecule has 0 aliphatic carbocycles. The summed E-state index contributed by atoms with van der Waals surface area (Å²) < 4.78 is 4.81. The maximum Gasteiger partial charge on any atom is 0.224 e. The van der Waals surface area contributed by atoms with Gasteiger partial charge in [0.2, 0.25) is 5.52 Å². The second-order valence-electron chi connectivity index (χ2n) is 7.91. The fraction of sp³-hybridized carbons (Fsp3) is 0.160. The lowest BCUT2D eigenvalue weighted by molar-refractivity contribution is -0.643. The Morgan fingerprint density at radius 1 is 0.778 bits per heavy atom. The van der Waals surface area contributed by atoms with Crippen LogP contribution in [0.25, 0.3) is 49.0 Å². The molecule has 0 N–H and O–H groups in total. The highest BCUT2D eigenvalue weighted by Gasteiger charge is 2.24. The Hall–Kier alpha value is -3.13. The van der Waals surface area contributed by atoms with Crippen molar-refractivity contribution in [3.63, 3.8) is 0 Å². The maximum atomic E-state index is 2.51. The molecule has 130 valence electrons. The van der Waals surface area contributed by atoms with Crippen LogP contribution in [0, 0.1) is 20.8 Å². The van der Waals surface area contributed by atoms with Crippen LogP contribution >= 0.6 is 0 Å². The molecule has 0 atom stereocenters. The van der Waals surface area contributed by atoms with Crippen molar-refractivity contribution in [1.29, 1.82) is 0 Å². The first-order valence-corrected chi connectivity index (χ1v) is 9.54. The number of para-hydroxylation sites is 1. The maximum absolute atomic E-state index is 2.51. The van der Waals surface area contributed by atoms with Crippen molar-refractivity contribution >= 4 is 49.0 Å². The minimum absolute atomic E-state index is 1.30. The Morgan fingerprint density at radius 3 is 2.44 bits per heavy atom. The Balaban J connectivity index is 2.18. The molecule has 6 rings (SSSR count). The SMILES string of the molecule is Cc1cc(C)c2c(c1C)c1c3c(ccc4c5ccccc5n2c43)cc[n+]1C. The summed E-state index contributed by atoms with van der Waals surface area (Å²) in [5.74, 6) is 0. The lowest BCUT2D eigenvalue weighted by Crippen LogP contribution is -2.29. The van der Waals surface area contributed by atoms with Crippen molar-refractivity contribution in [3.8, 4) is 0 Å². The average molecular weight is 349 g/mol. The molecule has 2 nitrogen and oxygen atoms in total. The topological polar surface area (TPSA) is 8.29 Å². The van der Waals surface area contributed by atoms with Gasteiger partial charge in [-0.1, -0.05) is 36.4 Å². The second-order valence-corrected chi connectivity index (χ2v) is 7.91. The fourth-order valence-electron chi connectivity index (χ4n) is 5.09. The second kappa shape index (κ2) is 4.77. The molecule has 0 saturated heterocycles. The standard InChI is InChI=1S/C25H21N2/c1-14-13-15(2)23-21(16(14)3)25-22-17(11-12-26(25)4)9-10-19-18-7-5-6-8-20(18)27(23)24(19)22/h5-13H,1-4H3/q+1. The van der Waals surface area contributed by atoms with Crippen LogP contribution in [0.4, 0.5) is 0 Å². The number of nitrogens with zero attached hydrogens (tertiary/aromatic N) is 2. The van der Waals surface area contributed by atoms with E-state index in [9.17, 15) is 0 Å². The van der Waals surface area contributed by atoms with Crippen LogP contribution in [0.3, 0.4) is 0 Å². The van der Waals surface area contributed by atoms with Gasteiger partial charge < -0.3 is 4.40 Å². The van der Waals surface area contributed by atoms with Crippen molar-refractivity contribution in [2.75, 3.05) is 0 Å². The summed E-state index contributed by atoms with van der Waals surface area (Å²) in [5.41, 5.74) is 9.39. The summed E-state index contributed by atoms with van der Waals surface area (Å²) in [4.78, 5) is 0. The molecule has 0 unspecified atom stereocenters. The van der Waals surface area contributed by atoms with Crippen LogP contribution in [0.15, 0.2) is 54.7 Å². The van der Waals surface area contributed by atoms with E-state index in [1.54, 1.807) is 0 Å². The van der Waals surface area contributed by atoms with Crippen molar-refractivity contribution in [2.24, 2.45) is 7.05 Å². The third kappa shape index (κ3) is 1.64. The summed E-state index contributed by atoms with van der Waals surface area (Å²) in [5, 5.41) is 6.73. The lowest BCUT2D eigenvalue weighted by Gasteiger charge is -2.16. The molecule has 2 heteroatoms. The number of benzene rings is 3. The van der Waals surface area contributed by atoms with Crippen LogP contribution in [-0.4, -0.2) is 4.40 Å². The normalized spacial score (nSPS) is 12.4. The third-order valence-electron chi connectivity index (χ3n) is 6.41. The average Bonchev–Trinajstić information content (AvgIpc) is 3.01. The van der Waals surface area contributed by atoms with Gasteiger partial charge in [-0.05, 0) is 48.9 Å². The van der Waals surface area contributed by atoms with Gasteiger partial charge in [0.1, 0.15) is 7.05 Å². The first-order valence-electron chi connectivity index (χ1n) is 9.54. The highest BCUT2D eigenvalue weighted by Crippen LogP contribution is 2.41. The van der Waals surface area contributed by atoms with Gasteiger partial charge in [0, 0.05) is 16.8 Å². The minimum atomic E-state index is 1.30. The molecule has 0 fully saturated rings. The number of hydrogen-bond acceptors (Lipinski definition) is 0. The number of aromatic nitrogens is 2. The van der Waals surface area contributed by atoms with Crippen LogP contribution in [0.5, 0.6) is 0 Å². The summed E-state index contributed by atoms with van der Waals surface area (Å²) in [7, 11) is 2.17. The zero-order chi connectivity index (χ0) is 18.4. The van der Waals surface area contributed by atoms with Crippen LogP contribution in [-0.2, 0) is 7.05 Å². The molecule has 0 bridgehead atoms. The predicted octanol–water partition coefficient (Wildman–Crippen LogP) is 5.74. The predicted molar refractivity (Wildman–Crippen MR) is 114 cm³/mol. The quantitative estimate of drug-likeness (QED) is 0.188. The van der Waals surface area contributed by atoms with E-state index in [2.05, 4.69) is 91.5 Å². The van der Waals surface area contributed by atoms with E-state index in [1.165, 1.54) is 65.7 Å². The molecule has 27 heavy (non-hydrogen) atoms. The molecule has 3 heterocycles. The summed E-state index contributed by atoms with van der Waals surface area (Å²) in [6.07, 6.45) is 2.20. The van der Waals surface area contributed by atoms with Gasteiger partial charge in [0.05, 0.1) is 27.3 Å². The van der Waals surface area contributed by atoms with Gasteiger partial charge >= 0.3 is 0 Å². The van der Waals surface area contributed by atoms with E-state index in [4.69, 9.17) is 0 Å². The highest BCUT2D eigenvalue weighted by atomic mass is 15.0. The van der Waals surface area contributed by atoms with Crippen LogP contribution < -0.4 is 4.57 Å². The molecule has 3 aromatic heterocycles. The number of aryl methyl sites for hydroxylation is 4. The van der Waals surface area contributed by atoms with E-state index in [-0.39, 0.29) is 0 Å². The number of hydrogen-bond donors (Lipinski definition) is 0. The summed E-state index contributed by atoms with van der Waals surface area (Å²) in [6.45, 7) is 6.75. The Bertz CT molecular complexity index is 1550. The minimum Gasteiger partial charge on any atom is -0.307 e. The molecule has 0 saturated carbocycles. The molecule has 0 aliphatic rings. The lowest BCUT2D eigenvalue weighted by atomic mass is 9.95. The van der Waals surface area contributed by atoms with Gasteiger partial charge in [0.25, 0.3) is 0 Å². The number of rotatable bonds is 0. The van der Waals surface area contributed by atoms with Gasteiger partial charge in [-0.3, -0.25) is 0 Å². The van der Waals surface area contributed by atoms with E-state index in [0.29, 0.717) is 0 Å². The summed E-state index contributed by atoms with van der Waals surface area (Å²) >= 11 is 0. The monoisotopic (exact) mass is 349 g/mol. The molecule has 6 aromatic rings. The van der Waals surface area contributed by atoms with E-state index < -0.39 is 0 Å². The largest absolute Gasteiger partial charge is 0.307 e. The van der Waals surface area contributed by atoms with Gasteiger partial charge in [-0.15, -0.1) is 0 Å². The highest BCUT2D eigenvalue weighted by molar-refractivity contribution is 6.27. The molecular formula is C25H21N2+. The molecular weight excluding hydrogens is 328 g/mol. The van der Waals surface area contributed by atoms with E-state index in [0.717, 1.165) is 0 Å². The smallest absolute Gasteiger partial charge is 0.224 e. The zero-order valence-electron chi connectivity index (χ0n) is 16.1. The Labute approximate surface area is 157 Å². The van der Waals surface area contributed by atoms with Gasteiger partial charge in [-0.2, -0.15) is 0 Å².